The standard InChI is InChI=1S/C20H38BN3O3/c1-7-8-19(3,4)13-24-17(26)10-15(18(22)27)9-16(25)23-12-14(2)11-20(5,6)21/h14-15H,7-13H2,1-6H3,(H2,22,27)(H,23,25)(H,24,26). The molecule has 6 nitrogen and oxygen atoms in total. The van der Waals surface area contributed by atoms with Crippen LogP contribution in [-0.4, -0.2) is 38.7 Å². The summed E-state index contributed by atoms with van der Waals surface area (Å²) >= 11 is 0. The van der Waals surface area contributed by atoms with Gasteiger partial charge in [-0.15, -0.1) is 0 Å². The van der Waals surface area contributed by atoms with Crippen LogP contribution in [0.4, 0.5) is 0 Å². The van der Waals surface area contributed by atoms with Crippen molar-refractivity contribution in [3.63, 3.8) is 0 Å². The van der Waals surface area contributed by atoms with Crippen molar-refractivity contribution in [1.82, 2.24) is 10.6 Å². The van der Waals surface area contributed by atoms with E-state index in [1.165, 1.54) is 0 Å². The highest BCUT2D eigenvalue weighted by Crippen LogP contribution is 2.28. The second kappa shape index (κ2) is 11.3. The van der Waals surface area contributed by atoms with Gasteiger partial charge in [0.25, 0.3) is 0 Å². The van der Waals surface area contributed by atoms with E-state index >= 15 is 0 Å². The number of hydrogen-bond donors (Lipinski definition) is 3. The molecule has 0 saturated heterocycles. The number of amides is 3. The van der Waals surface area contributed by atoms with Gasteiger partial charge in [0.1, 0.15) is 0 Å². The molecule has 0 aliphatic rings. The molecule has 4 N–H and O–H groups in total. The molecule has 0 aliphatic carbocycles. The Morgan fingerprint density at radius 1 is 1.04 bits per heavy atom. The van der Waals surface area contributed by atoms with Gasteiger partial charge in [0.15, 0.2) is 0 Å². The molecular weight excluding hydrogens is 341 g/mol. The highest BCUT2D eigenvalue weighted by Gasteiger charge is 2.25. The molecule has 0 bridgehead atoms. The SMILES string of the molecule is [B]C(C)(C)CC(C)CNC(=O)CC(CC(=O)NCC(C)(C)CCC)C(N)=O. The number of rotatable bonds is 13. The van der Waals surface area contributed by atoms with Gasteiger partial charge in [0.2, 0.25) is 17.7 Å². The molecule has 0 aromatic heterocycles. The molecular formula is C20H38BN3O3. The minimum Gasteiger partial charge on any atom is -0.369 e. The fourth-order valence-corrected chi connectivity index (χ4v) is 3.23. The van der Waals surface area contributed by atoms with Crippen molar-refractivity contribution in [1.29, 1.82) is 0 Å². The van der Waals surface area contributed by atoms with Crippen LogP contribution in [0.25, 0.3) is 0 Å². The van der Waals surface area contributed by atoms with Crippen LogP contribution in [0.3, 0.4) is 0 Å². The summed E-state index contributed by atoms with van der Waals surface area (Å²) in [6.45, 7) is 13.2. The van der Waals surface area contributed by atoms with E-state index < -0.39 is 11.8 Å². The number of hydrogen-bond acceptors (Lipinski definition) is 3. The lowest BCUT2D eigenvalue weighted by Crippen LogP contribution is -2.39. The Bertz CT molecular complexity index is 501. The molecule has 0 rings (SSSR count). The fraction of sp³-hybridized carbons (Fsp3) is 0.850. The fourth-order valence-electron chi connectivity index (χ4n) is 3.23. The molecule has 0 aliphatic heterocycles. The van der Waals surface area contributed by atoms with Gasteiger partial charge in [-0.1, -0.05) is 59.7 Å². The smallest absolute Gasteiger partial charge is 0.221 e. The van der Waals surface area contributed by atoms with Gasteiger partial charge in [-0.3, -0.25) is 14.4 Å². The molecule has 0 saturated carbocycles. The van der Waals surface area contributed by atoms with Gasteiger partial charge in [-0.2, -0.15) is 0 Å². The second-order valence-electron chi connectivity index (χ2n) is 9.30. The third-order valence-corrected chi connectivity index (χ3v) is 4.48. The summed E-state index contributed by atoms with van der Waals surface area (Å²) in [7, 11) is 5.98. The lowest BCUT2D eigenvalue weighted by molar-refractivity contribution is -0.132. The molecule has 154 valence electrons. The molecule has 0 spiro atoms. The third kappa shape index (κ3) is 13.3. The van der Waals surface area contributed by atoms with E-state index in [1.807, 2.05) is 20.8 Å². The van der Waals surface area contributed by atoms with E-state index in [0.29, 0.717) is 13.1 Å². The summed E-state index contributed by atoms with van der Waals surface area (Å²) in [5.41, 5.74) is 5.38. The summed E-state index contributed by atoms with van der Waals surface area (Å²) in [4.78, 5) is 35.9. The largest absolute Gasteiger partial charge is 0.369 e. The maximum atomic E-state index is 12.1. The molecule has 3 amide bonds. The molecule has 0 heterocycles. The quantitative estimate of drug-likeness (QED) is 0.428. The lowest BCUT2D eigenvalue weighted by Gasteiger charge is -2.25. The third-order valence-electron chi connectivity index (χ3n) is 4.48. The first-order chi connectivity index (χ1) is 12.3. The summed E-state index contributed by atoms with van der Waals surface area (Å²) in [5.74, 6) is -1.76. The minimum absolute atomic E-state index is 0.00306. The normalized spacial score (nSPS) is 14.3. The maximum Gasteiger partial charge on any atom is 0.221 e. The molecule has 7 heteroatoms. The van der Waals surface area contributed by atoms with Gasteiger partial charge in [0.05, 0.1) is 13.8 Å². The highest BCUT2D eigenvalue weighted by atomic mass is 16.2. The Labute approximate surface area is 166 Å². The van der Waals surface area contributed by atoms with E-state index in [0.717, 1.165) is 19.3 Å². The van der Waals surface area contributed by atoms with Crippen LogP contribution in [0.15, 0.2) is 0 Å². The topological polar surface area (TPSA) is 101 Å². The highest BCUT2D eigenvalue weighted by molar-refractivity contribution is 6.14. The molecule has 0 aromatic carbocycles. The average Bonchev–Trinajstić information content (AvgIpc) is 2.48. The number of nitrogens with two attached hydrogens (primary N) is 1. The second-order valence-corrected chi connectivity index (χ2v) is 9.30. The number of primary amides is 1. The Hall–Kier alpha value is -1.53. The Balaban J connectivity index is 4.45. The predicted octanol–water partition coefficient (Wildman–Crippen LogP) is 2.32. The van der Waals surface area contributed by atoms with Crippen molar-refractivity contribution in [2.75, 3.05) is 13.1 Å². The Morgan fingerprint density at radius 3 is 2.00 bits per heavy atom. The first-order valence-electron chi connectivity index (χ1n) is 9.87. The molecule has 2 unspecified atom stereocenters. The maximum absolute atomic E-state index is 12.1. The molecule has 0 fully saturated rings. The number of carbonyl (C=O) groups is 3. The van der Waals surface area contributed by atoms with Crippen LogP contribution >= 0.6 is 0 Å². The predicted molar refractivity (Wildman–Crippen MR) is 110 cm³/mol. The Morgan fingerprint density at radius 2 is 1.56 bits per heavy atom. The zero-order valence-corrected chi connectivity index (χ0v) is 18.0. The van der Waals surface area contributed by atoms with Gasteiger partial charge in [-0.25, -0.2) is 0 Å². The van der Waals surface area contributed by atoms with Crippen LogP contribution in [0.2, 0.25) is 5.31 Å². The van der Waals surface area contributed by atoms with Crippen LogP contribution in [0.5, 0.6) is 0 Å². The van der Waals surface area contributed by atoms with Crippen molar-refractivity contribution >= 4 is 25.6 Å². The van der Waals surface area contributed by atoms with Crippen molar-refractivity contribution in [2.24, 2.45) is 23.0 Å². The summed E-state index contributed by atoms with van der Waals surface area (Å²) in [5, 5.41) is 5.35. The zero-order valence-electron chi connectivity index (χ0n) is 18.0. The monoisotopic (exact) mass is 379 g/mol. The average molecular weight is 379 g/mol. The molecule has 27 heavy (non-hydrogen) atoms. The van der Waals surface area contributed by atoms with Crippen LogP contribution in [0, 0.1) is 17.3 Å². The van der Waals surface area contributed by atoms with E-state index in [1.54, 1.807) is 0 Å². The number of carbonyl (C=O) groups excluding carboxylic acids is 3. The van der Waals surface area contributed by atoms with Gasteiger partial charge >= 0.3 is 0 Å². The minimum atomic E-state index is -0.805. The van der Waals surface area contributed by atoms with Crippen LogP contribution < -0.4 is 16.4 Å². The van der Waals surface area contributed by atoms with E-state index in [4.69, 9.17) is 13.6 Å². The Kier molecular flexibility index (Phi) is 10.7. The first-order valence-corrected chi connectivity index (χ1v) is 9.87. The van der Waals surface area contributed by atoms with Crippen molar-refractivity contribution in [3.05, 3.63) is 0 Å². The molecule has 2 atom stereocenters. The summed E-state index contributed by atoms with van der Waals surface area (Å²) in [6.07, 6.45) is 2.64. The summed E-state index contributed by atoms with van der Waals surface area (Å²) < 4.78 is 0. The van der Waals surface area contributed by atoms with Crippen molar-refractivity contribution in [2.45, 2.75) is 79.0 Å². The number of nitrogens with one attached hydrogen (secondary N) is 2. The molecule has 2 radical (unpaired) electrons. The van der Waals surface area contributed by atoms with Crippen LogP contribution in [0.1, 0.15) is 73.6 Å². The first kappa shape index (κ1) is 25.5. The van der Waals surface area contributed by atoms with Crippen LogP contribution in [-0.2, 0) is 14.4 Å². The van der Waals surface area contributed by atoms with E-state index in [9.17, 15) is 14.4 Å². The van der Waals surface area contributed by atoms with E-state index in [-0.39, 0.29) is 41.3 Å². The van der Waals surface area contributed by atoms with Gasteiger partial charge in [-0.05, 0) is 17.8 Å². The zero-order chi connectivity index (χ0) is 21.3. The van der Waals surface area contributed by atoms with Gasteiger partial charge in [0, 0.05) is 25.9 Å². The van der Waals surface area contributed by atoms with Crippen molar-refractivity contribution < 1.29 is 14.4 Å². The van der Waals surface area contributed by atoms with Crippen molar-refractivity contribution in [3.8, 4) is 0 Å². The van der Waals surface area contributed by atoms with Gasteiger partial charge < -0.3 is 16.4 Å². The van der Waals surface area contributed by atoms with E-state index in [2.05, 4.69) is 31.4 Å². The lowest BCUT2D eigenvalue weighted by atomic mass is 9.67. The summed E-state index contributed by atoms with van der Waals surface area (Å²) in [6, 6.07) is 0. The molecule has 0 aromatic rings.